The number of rotatable bonds is 2. The van der Waals surface area contributed by atoms with Crippen molar-refractivity contribution in [2.45, 2.75) is 0 Å². The lowest BCUT2D eigenvalue weighted by molar-refractivity contribution is 0.475. The maximum Gasteiger partial charge on any atom is 0.142 e. The Morgan fingerprint density at radius 3 is 1.31 bits per heavy atom. The minimum Gasteiger partial charge on any atom is -0.508 e. The second-order valence-corrected chi connectivity index (χ2v) is 14.2. The van der Waals surface area contributed by atoms with E-state index in [0.717, 1.165) is 51.8 Å². The van der Waals surface area contributed by atoms with Gasteiger partial charge < -0.3 is 9.84 Å². The van der Waals surface area contributed by atoms with Crippen LogP contribution in [-0.2, 0) is 0 Å². The van der Waals surface area contributed by atoms with Gasteiger partial charge in [-0.3, -0.25) is 0 Å². The fourth-order valence-electron chi connectivity index (χ4n) is 2.21. The molecule has 4 rings (SSSR count). The molecule has 1 N–H and O–H groups in total. The molecule has 11 heteroatoms. The molecule has 0 saturated heterocycles. The molecule has 35 heavy (non-hydrogen) atoms. The van der Waals surface area contributed by atoms with Crippen molar-refractivity contribution >= 4 is 143 Å². The molecule has 0 unspecified atom stereocenters. The van der Waals surface area contributed by atoms with Gasteiger partial charge in [0.1, 0.15) is 17.2 Å². The van der Waals surface area contributed by atoms with Crippen molar-refractivity contribution in [1.82, 2.24) is 0 Å². The van der Waals surface area contributed by atoms with Crippen LogP contribution in [0.25, 0.3) is 0 Å². The Bertz CT molecular complexity index is 1230. The fourth-order valence-corrected chi connectivity index (χ4v) is 6.36. The van der Waals surface area contributed by atoms with Crippen LogP contribution in [0.15, 0.2) is 113 Å². The molecule has 0 atom stereocenters. The van der Waals surface area contributed by atoms with Crippen molar-refractivity contribution in [3.8, 4) is 17.2 Å². The number of hydrogen-bond acceptors (Lipinski definition) is 2. The van der Waals surface area contributed by atoms with E-state index >= 15 is 0 Å². The minimum atomic E-state index is 0.291. The number of aromatic hydroxyl groups is 1. The van der Waals surface area contributed by atoms with E-state index in [1.165, 1.54) is 0 Å². The topological polar surface area (TPSA) is 29.5 Å². The Morgan fingerprint density at radius 2 is 0.886 bits per heavy atom. The molecule has 0 aliphatic carbocycles. The van der Waals surface area contributed by atoms with Crippen LogP contribution in [0.4, 0.5) is 0 Å². The van der Waals surface area contributed by atoms with Crippen molar-refractivity contribution in [3.05, 3.63) is 113 Å². The van der Waals surface area contributed by atoms with Crippen LogP contribution in [0.5, 0.6) is 17.2 Å². The molecular formula is C24H13Br9O2. The predicted molar refractivity (Wildman–Crippen MR) is 177 cm³/mol. The molecule has 0 saturated carbocycles. The summed E-state index contributed by atoms with van der Waals surface area (Å²) in [4.78, 5) is 0. The summed E-state index contributed by atoms with van der Waals surface area (Å²) in [6.07, 6.45) is 0. The van der Waals surface area contributed by atoms with Crippen molar-refractivity contribution in [3.63, 3.8) is 0 Å². The Kier molecular flexibility index (Phi) is 14.7. The summed E-state index contributed by atoms with van der Waals surface area (Å²) in [6.45, 7) is 0. The number of halogens is 9. The first-order valence-corrected chi connectivity index (χ1v) is 16.4. The number of phenolic OH excluding ortho intramolecular Hbond substituents is 1. The molecule has 0 fully saturated rings. The van der Waals surface area contributed by atoms with Crippen LogP contribution in [0.2, 0.25) is 0 Å². The van der Waals surface area contributed by atoms with E-state index in [1.54, 1.807) is 18.2 Å². The maximum absolute atomic E-state index is 8.78. The van der Waals surface area contributed by atoms with Crippen LogP contribution in [-0.4, -0.2) is 5.11 Å². The van der Waals surface area contributed by atoms with Crippen LogP contribution < -0.4 is 4.74 Å². The van der Waals surface area contributed by atoms with Gasteiger partial charge in [-0.25, -0.2) is 0 Å². The highest BCUT2D eigenvalue weighted by molar-refractivity contribution is 9.14. The lowest BCUT2D eigenvalue weighted by Gasteiger charge is -2.09. The highest BCUT2D eigenvalue weighted by Gasteiger charge is 2.07. The first-order valence-electron chi connectivity index (χ1n) is 9.28. The Labute approximate surface area is 279 Å². The summed E-state index contributed by atoms with van der Waals surface area (Å²) in [5, 5.41) is 8.78. The minimum absolute atomic E-state index is 0.291. The second-order valence-electron chi connectivity index (χ2n) is 6.42. The summed E-state index contributed by atoms with van der Waals surface area (Å²) >= 11 is 30.5. The molecule has 0 heterocycles. The van der Waals surface area contributed by atoms with E-state index in [2.05, 4.69) is 143 Å². The Hall–Kier alpha value is 0.800. The summed E-state index contributed by atoms with van der Waals surface area (Å²) < 4.78 is 14.7. The molecule has 0 aromatic heterocycles. The largest absolute Gasteiger partial charge is 0.508 e. The number of benzene rings is 4. The van der Waals surface area contributed by atoms with Gasteiger partial charge in [-0.05, 0) is 172 Å². The van der Waals surface area contributed by atoms with Crippen molar-refractivity contribution in [2.24, 2.45) is 0 Å². The van der Waals surface area contributed by atoms with Crippen molar-refractivity contribution in [1.29, 1.82) is 0 Å². The van der Waals surface area contributed by atoms with Gasteiger partial charge in [-0.2, -0.15) is 0 Å². The van der Waals surface area contributed by atoms with Gasteiger partial charge in [0.15, 0.2) is 0 Å². The summed E-state index contributed by atoms with van der Waals surface area (Å²) in [7, 11) is 0. The van der Waals surface area contributed by atoms with Gasteiger partial charge in [-0.1, -0.05) is 44.0 Å². The molecule has 4 aromatic rings. The fraction of sp³-hybridized carbons (Fsp3) is 0. The molecule has 184 valence electrons. The quantitative estimate of drug-likeness (QED) is 0.203. The van der Waals surface area contributed by atoms with Gasteiger partial charge in [0.25, 0.3) is 0 Å². The van der Waals surface area contributed by atoms with Gasteiger partial charge in [0.05, 0.1) is 4.47 Å². The molecule has 0 aliphatic heterocycles. The summed E-state index contributed by atoms with van der Waals surface area (Å²) in [5.41, 5.74) is 0. The van der Waals surface area contributed by atoms with E-state index < -0.39 is 0 Å². The highest BCUT2D eigenvalue weighted by Crippen LogP contribution is 2.37. The Morgan fingerprint density at radius 1 is 0.457 bits per heavy atom. The second kappa shape index (κ2) is 16.0. The standard InChI is InChI=1S/C12H6Br4O.C6H2Br4.C6H5BrO/c13-7-2-1-3-8(4-7)17-12-6-10(15)9(14)5-11(12)16;7-3-1-4(8)6(10)2-5(3)9;7-5-2-1-3-6(8)4-5/h1-6H;1-2H;1-4,8H. The zero-order valence-electron chi connectivity index (χ0n) is 17.2. The third-order valence-electron chi connectivity index (χ3n) is 3.77. The average Bonchev–Trinajstić information content (AvgIpc) is 2.77. The molecule has 0 amide bonds. The van der Waals surface area contributed by atoms with Gasteiger partial charge in [-0.15, -0.1) is 0 Å². The van der Waals surface area contributed by atoms with E-state index in [9.17, 15) is 0 Å². The first kappa shape index (κ1) is 32.0. The average molecular weight is 1050 g/mol. The lowest BCUT2D eigenvalue weighted by atomic mass is 10.3. The number of ether oxygens (including phenoxy) is 1. The van der Waals surface area contributed by atoms with E-state index in [-0.39, 0.29) is 0 Å². The van der Waals surface area contributed by atoms with Crippen LogP contribution in [0.1, 0.15) is 0 Å². The van der Waals surface area contributed by atoms with E-state index in [4.69, 9.17) is 9.84 Å². The molecule has 0 bridgehead atoms. The van der Waals surface area contributed by atoms with Crippen molar-refractivity contribution < 1.29 is 9.84 Å². The maximum atomic E-state index is 8.78. The monoisotopic (exact) mass is 1040 g/mol. The molecule has 0 aliphatic rings. The summed E-state index contributed by atoms with van der Waals surface area (Å²) in [5.74, 6) is 1.84. The lowest BCUT2D eigenvalue weighted by Crippen LogP contribution is -1.86. The number of hydrogen-bond donors (Lipinski definition) is 1. The smallest absolute Gasteiger partial charge is 0.142 e. The van der Waals surface area contributed by atoms with Crippen LogP contribution in [0.3, 0.4) is 0 Å². The molecular weight excluding hydrogens is 1040 g/mol. The first-order chi connectivity index (χ1) is 16.5. The normalized spacial score (nSPS) is 9.97. The SMILES string of the molecule is Brc1cc(Br)c(Br)cc1Br.Brc1cccc(Oc2cc(Br)c(Br)cc2Br)c1.Oc1cccc(Br)c1. The summed E-state index contributed by atoms with van der Waals surface area (Å²) in [6, 6.07) is 22.4. The van der Waals surface area contributed by atoms with Gasteiger partial charge in [0.2, 0.25) is 0 Å². The molecule has 2 nitrogen and oxygen atoms in total. The zero-order chi connectivity index (χ0) is 26.1. The zero-order valence-corrected chi connectivity index (χ0v) is 31.5. The van der Waals surface area contributed by atoms with Crippen LogP contribution in [0, 0.1) is 0 Å². The van der Waals surface area contributed by atoms with E-state index in [1.807, 2.05) is 54.6 Å². The Balaban J connectivity index is 0.000000204. The van der Waals surface area contributed by atoms with Crippen LogP contribution >= 0.6 is 143 Å². The third-order valence-corrected chi connectivity index (χ3v) is 10.9. The predicted octanol–water partition coefficient (Wildman–Crippen LogP) is 13.4. The number of phenols is 1. The van der Waals surface area contributed by atoms with Gasteiger partial charge >= 0.3 is 0 Å². The van der Waals surface area contributed by atoms with Crippen molar-refractivity contribution in [2.75, 3.05) is 0 Å². The third kappa shape index (κ3) is 11.6. The highest BCUT2D eigenvalue weighted by atomic mass is 79.9. The van der Waals surface area contributed by atoms with Gasteiger partial charge in [0, 0.05) is 35.8 Å². The molecule has 0 spiro atoms. The molecule has 4 aromatic carbocycles. The molecule has 0 radical (unpaired) electrons. The van der Waals surface area contributed by atoms with E-state index in [0.29, 0.717) is 5.75 Å².